The van der Waals surface area contributed by atoms with Crippen LogP contribution < -0.4 is 0 Å². The van der Waals surface area contributed by atoms with E-state index >= 15 is 0 Å². The van der Waals surface area contributed by atoms with Crippen molar-refractivity contribution in [2.24, 2.45) is 5.41 Å². The number of hydrogen-bond donors (Lipinski definition) is 0. The molecular formula is C15H20. The second-order valence-electron chi connectivity index (χ2n) is 5.35. The molecule has 2 rings (SSSR count). The maximum Gasteiger partial charge on any atom is 0.00230 e. The zero-order chi connectivity index (χ0) is 10.7. The van der Waals surface area contributed by atoms with Gasteiger partial charge in [-0.3, -0.25) is 0 Å². The van der Waals surface area contributed by atoms with E-state index in [-0.39, 0.29) is 0 Å². The molecule has 0 heterocycles. The minimum absolute atomic E-state index is 0.476. The molecule has 1 aromatic rings. The van der Waals surface area contributed by atoms with Crippen molar-refractivity contribution in [2.75, 3.05) is 0 Å². The highest BCUT2D eigenvalue weighted by molar-refractivity contribution is 5.24. The summed E-state index contributed by atoms with van der Waals surface area (Å²) in [6.45, 7) is 4.77. The molecule has 0 radical (unpaired) electrons. The minimum Gasteiger partial charge on any atom is -0.0879 e. The molecule has 0 saturated heterocycles. The Hall–Kier alpha value is -1.04. The van der Waals surface area contributed by atoms with Crippen LogP contribution in [-0.4, -0.2) is 0 Å². The Morgan fingerprint density at radius 2 is 1.87 bits per heavy atom. The van der Waals surface area contributed by atoms with Crippen LogP contribution in [0.1, 0.15) is 44.6 Å². The van der Waals surface area contributed by atoms with Gasteiger partial charge in [0.1, 0.15) is 0 Å². The first-order valence-corrected chi connectivity index (χ1v) is 5.89. The van der Waals surface area contributed by atoms with Crippen molar-refractivity contribution in [1.82, 2.24) is 0 Å². The second kappa shape index (κ2) is 4.22. The van der Waals surface area contributed by atoms with Crippen molar-refractivity contribution in [3.05, 3.63) is 48.0 Å². The predicted molar refractivity (Wildman–Crippen MR) is 66.0 cm³/mol. The lowest BCUT2D eigenvalue weighted by Gasteiger charge is -2.26. The highest BCUT2D eigenvalue weighted by atomic mass is 14.3. The Bertz CT molecular complexity index is 332. The van der Waals surface area contributed by atoms with Gasteiger partial charge in [-0.15, -0.1) is 0 Å². The van der Waals surface area contributed by atoms with Crippen LogP contribution in [0.15, 0.2) is 42.5 Å². The molecule has 0 saturated carbocycles. The summed E-state index contributed by atoms with van der Waals surface area (Å²) in [7, 11) is 0. The summed E-state index contributed by atoms with van der Waals surface area (Å²) in [5, 5.41) is 0. The molecule has 0 heteroatoms. The summed E-state index contributed by atoms with van der Waals surface area (Å²) in [6, 6.07) is 10.9. The molecule has 0 aliphatic heterocycles. The third-order valence-electron chi connectivity index (χ3n) is 3.36. The van der Waals surface area contributed by atoms with Crippen LogP contribution in [0.4, 0.5) is 0 Å². The smallest absolute Gasteiger partial charge is 0.00230 e. The Morgan fingerprint density at radius 1 is 1.13 bits per heavy atom. The zero-order valence-corrected chi connectivity index (χ0v) is 9.74. The first-order chi connectivity index (χ1) is 7.17. The van der Waals surface area contributed by atoms with Crippen LogP contribution in [-0.2, 0) is 0 Å². The Kier molecular flexibility index (Phi) is 2.95. The van der Waals surface area contributed by atoms with Crippen molar-refractivity contribution in [3.8, 4) is 0 Å². The van der Waals surface area contributed by atoms with E-state index in [1.807, 2.05) is 0 Å². The molecule has 15 heavy (non-hydrogen) atoms. The molecule has 0 amide bonds. The third kappa shape index (κ3) is 2.71. The van der Waals surface area contributed by atoms with E-state index in [0.717, 1.165) is 0 Å². The molecule has 0 nitrogen and oxygen atoms in total. The fourth-order valence-electron chi connectivity index (χ4n) is 2.43. The van der Waals surface area contributed by atoms with Gasteiger partial charge in [0.25, 0.3) is 0 Å². The fraction of sp³-hybridized carbons (Fsp3) is 0.467. The van der Waals surface area contributed by atoms with Gasteiger partial charge in [0, 0.05) is 5.92 Å². The molecule has 80 valence electrons. The molecule has 1 aromatic carbocycles. The SMILES string of the molecule is CC1(C)CCC=CC(c2ccccc2)C1. The van der Waals surface area contributed by atoms with Gasteiger partial charge in [-0.05, 0) is 30.2 Å². The highest BCUT2D eigenvalue weighted by Crippen LogP contribution is 2.38. The molecule has 1 aliphatic carbocycles. The summed E-state index contributed by atoms with van der Waals surface area (Å²) in [6.07, 6.45) is 8.56. The van der Waals surface area contributed by atoms with Crippen molar-refractivity contribution in [3.63, 3.8) is 0 Å². The van der Waals surface area contributed by atoms with Gasteiger partial charge in [0.2, 0.25) is 0 Å². The quantitative estimate of drug-likeness (QED) is 0.584. The van der Waals surface area contributed by atoms with Gasteiger partial charge in [0.15, 0.2) is 0 Å². The van der Waals surface area contributed by atoms with Gasteiger partial charge in [-0.1, -0.05) is 56.3 Å². The van der Waals surface area contributed by atoms with Crippen molar-refractivity contribution in [1.29, 1.82) is 0 Å². The molecule has 0 fully saturated rings. The minimum atomic E-state index is 0.476. The molecule has 0 spiro atoms. The molecule has 0 aromatic heterocycles. The monoisotopic (exact) mass is 200 g/mol. The fourth-order valence-corrected chi connectivity index (χ4v) is 2.43. The first-order valence-electron chi connectivity index (χ1n) is 5.89. The lowest BCUT2D eigenvalue weighted by Crippen LogP contribution is -2.13. The summed E-state index contributed by atoms with van der Waals surface area (Å²) >= 11 is 0. The number of rotatable bonds is 1. The number of benzene rings is 1. The molecule has 0 N–H and O–H groups in total. The van der Waals surface area contributed by atoms with Gasteiger partial charge < -0.3 is 0 Å². The Labute approximate surface area is 93.0 Å². The normalized spacial score (nSPS) is 24.8. The number of hydrogen-bond acceptors (Lipinski definition) is 0. The predicted octanol–water partition coefficient (Wildman–Crippen LogP) is 4.54. The largest absolute Gasteiger partial charge is 0.0879 e. The van der Waals surface area contributed by atoms with Crippen molar-refractivity contribution in [2.45, 2.75) is 39.0 Å². The lowest BCUT2D eigenvalue weighted by atomic mass is 9.79. The van der Waals surface area contributed by atoms with Crippen LogP contribution in [0.5, 0.6) is 0 Å². The van der Waals surface area contributed by atoms with Gasteiger partial charge >= 0.3 is 0 Å². The Morgan fingerprint density at radius 3 is 2.60 bits per heavy atom. The average molecular weight is 200 g/mol. The van der Waals surface area contributed by atoms with Crippen molar-refractivity contribution >= 4 is 0 Å². The zero-order valence-electron chi connectivity index (χ0n) is 9.74. The topological polar surface area (TPSA) is 0 Å². The lowest BCUT2D eigenvalue weighted by molar-refractivity contribution is 0.305. The van der Waals surface area contributed by atoms with E-state index in [2.05, 4.69) is 56.3 Å². The molecule has 1 atom stereocenters. The first kappa shape index (κ1) is 10.5. The van der Waals surface area contributed by atoms with Gasteiger partial charge in [-0.25, -0.2) is 0 Å². The molecule has 1 aliphatic rings. The van der Waals surface area contributed by atoms with E-state index in [4.69, 9.17) is 0 Å². The highest BCUT2D eigenvalue weighted by Gasteiger charge is 2.24. The second-order valence-corrected chi connectivity index (χ2v) is 5.35. The van der Waals surface area contributed by atoms with Crippen LogP contribution >= 0.6 is 0 Å². The standard InChI is InChI=1S/C15H20/c1-15(2)11-7-6-10-14(12-15)13-8-4-3-5-9-13/h3-6,8-10,14H,7,11-12H2,1-2H3. The molecule has 0 bridgehead atoms. The van der Waals surface area contributed by atoms with Crippen molar-refractivity contribution < 1.29 is 0 Å². The summed E-state index contributed by atoms with van der Waals surface area (Å²) in [5.74, 6) is 0.615. The van der Waals surface area contributed by atoms with Gasteiger partial charge in [-0.2, -0.15) is 0 Å². The number of allylic oxidation sites excluding steroid dienone is 2. The van der Waals surface area contributed by atoms with Crippen LogP contribution in [0, 0.1) is 5.41 Å². The van der Waals surface area contributed by atoms with Crippen LogP contribution in [0.3, 0.4) is 0 Å². The van der Waals surface area contributed by atoms with E-state index in [9.17, 15) is 0 Å². The van der Waals surface area contributed by atoms with E-state index in [1.165, 1.54) is 24.8 Å². The van der Waals surface area contributed by atoms with Gasteiger partial charge in [0.05, 0.1) is 0 Å². The van der Waals surface area contributed by atoms with E-state index in [1.54, 1.807) is 0 Å². The summed E-state index contributed by atoms with van der Waals surface area (Å²) < 4.78 is 0. The molecule has 1 unspecified atom stereocenters. The maximum atomic E-state index is 2.39. The van der Waals surface area contributed by atoms with E-state index in [0.29, 0.717) is 11.3 Å². The summed E-state index contributed by atoms with van der Waals surface area (Å²) in [5.41, 5.74) is 1.94. The third-order valence-corrected chi connectivity index (χ3v) is 3.36. The van der Waals surface area contributed by atoms with E-state index < -0.39 is 0 Å². The molecular weight excluding hydrogens is 180 g/mol. The summed E-state index contributed by atoms with van der Waals surface area (Å²) in [4.78, 5) is 0. The Balaban J connectivity index is 2.21. The maximum absolute atomic E-state index is 2.39. The average Bonchev–Trinajstić information content (AvgIpc) is 2.41. The van der Waals surface area contributed by atoms with Crippen LogP contribution in [0.25, 0.3) is 0 Å². The van der Waals surface area contributed by atoms with Crippen LogP contribution in [0.2, 0.25) is 0 Å².